The summed E-state index contributed by atoms with van der Waals surface area (Å²) in [5, 5.41) is 16.3. The van der Waals surface area contributed by atoms with E-state index in [2.05, 4.69) is 63.0 Å². The fourth-order valence-corrected chi connectivity index (χ4v) is 4.10. The summed E-state index contributed by atoms with van der Waals surface area (Å²) in [7, 11) is 2.08. The molecule has 0 saturated carbocycles. The molecule has 0 amide bonds. The Kier molecular flexibility index (Phi) is 3.90. The predicted molar refractivity (Wildman–Crippen MR) is 93.6 cm³/mol. The van der Waals surface area contributed by atoms with Gasteiger partial charge in [-0.05, 0) is 24.1 Å². The second-order valence-electron chi connectivity index (χ2n) is 5.35. The summed E-state index contributed by atoms with van der Waals surface area (Å²) in [6, 6.07) is 14.5. The highest BCUT2D eigenvalue weighted by molar-refractivity contribution is 7.23. The molecule has 0 radical (unpaired) electrons. The van der Waals surface area contributed by atoms with Crippen LogP contribution in [0.15, 0.2) is 47.8 Å². The van der Waals surface area contributed by atoms with E-state index in [-0.39, 0.29) is 0 Å². The molecule has 0 atom stereocenters. The van der Waals surface area contributed by atoms with Crippen LogP contribution in [0, 0.1) is 0 Å². The van der Waals surface area contributed by atoms with Crippen molar-refractivity contribution in [2.45, 2.75) is 13.1 Å². The molecule has 0 aliphatic rings. The van der Waals surface area contributed by atoms with Gasteiger partial charge in [-0.2, -0.15) is 9.61 Å². The van der Waals surface area contributed by atoms with Crippen molar-refractivity contribution in [3.05, 3.63) is 59.2 Å². The van der Waals surface area contributed by atoms with Crippen LogP contribution in [0.5, 0.6) is 0 Å². The molecule has 3 aromatic heterocycles. The zero-order valence-electron chi connectivity index (χ0n) is 12.6. The summed E-state index contributed by atoms with van der Waals surface area (Å²) in [5.41, 5.74) is 1.29. The molecule has 0 fully saturated rings. The average molecular weight is 341 g/mol. The molecule has 4 aromatic rings. The maximum atomic E-state index is 4.67. The first-order valence-electron chi connectivity index (χ1n) is 7.27. The first-order valence-corrected chi connectivity index (χ1v) is 8.97. The molecule has 0 aliphatic carbocycles. The van der Waals surface area contributed by atoms with Gasteiger partial charge in [0, 0.05) is 6.54 Å². The van der Waals surface area contributed by atoms with Crippen LogP contribution in [0.1, 0.15) is 11.4 Å². The highest BCUT2D eigenvalue weighted by atomic mass is 32.1. The molecule has 7 heteroatoms. The van der Waals surface area contributed by atoms with Gasteiger partial charge in [0.25, 0.3) is 0 Å². The van der Waals surface area contributed by atoms with E-state index in [1.165, 1.54) is 10.4 Å². The van der Waals surface area contributed by atoms with Gasteiger partial charge in [0.1, 0.15) is 0 Å². The minimum absolute atomic E-state index is 0.712. The van der Waals surface area contributed by atoms with Crippen molar-refractivity contribution in [1.82, 2.24) is 24.7 Å². The average Bonchev–Trinajstić information content (AvgIpc) is 3.25. The van der Waals surface area contributed by atoms with Crippen LogP contribution in [-0.2, 0) is 13.1 Å². The molecule has 0 unspecified atom stereocenters. The maximum Gasteiger partial charge on any atom is 0.235 e. The number of rotatable bonds is 5. The van der Waals surface area contributed by atoms with Crippen LogP contribution in [0.4, 0.5) is 0 Å². The van der Waals surface area contributed by atoms with Gasteiger partial charge < -0.3 is 0 Å². The lowest BCUT2D eigenvalue weighted by Crippen LogP contribution is -2.19. The van der Waals surface area contributed by atoms with Crippen molar-refractivity contribution >= 4 is 27.6 Å². The van der Waals surface area contributed by atoms with E-state index in [0.29, 0.717) is 6.54 Å². The van der Waals surface area contributed by atoms with Gasteiger partial charge in [-0.25, -0.2) is 0 Å². The third-order valence-electron chi connectivity index (χ3n) is 3.49. The van der Waals surface area contributed by atoms with E-state index in [9.17, 15) is 0 Å². The Hall–Kier alpha value is -2.09. The van der Waals surface area contributed by atoms with Gasteiger partial charge in [0.15, 0.2) is 10.8 Å². The highest BCUT2D eigenvalue weighted by Crippen LogP contribution is 2.29. The fourth-order valence-electron chi connectivity index (χ4n) is 2.45. The minimum atomic E-state index is 0.712. The molecule has 0 aliphatic heterocycles. The summed E-state index contributed by atoms with van der Waals surface area (Å²) < 4.78 is 1.86. The van der Waals surface area contributed by atoms with Gasteiger partial charge in [0.2, 0.25) is 4.96 Å². The zero-order valence-corrected chi connectivity index (χ0v) is 14.2. The summed E-state index contributed by atoms with van der Waals surface area (Å²) in [4.78, 5) is 4.23. The molecule has 0 spiro atoms. The Balaban J connectivity index is 1.54. The Morgan fingerprint density at radius 3 is 2.70 bits per heavy atom. The molecule has 23 heavy (non-hydrogen) atoms. The Morgan fingerprint density at radius 1 is 1.04 bits per heavy atom. The summed E-state index contributed by atoms with van der Waals surface area (Å²) in [6.07, 6.45) is 0. The molecule has 0 bridgehead atoms. The maximum absolute atomic E-state index is 4.67. The van der Waals surface area contributed by atoms with Crippen LogP contribution in [0.2, 0.25) is 0 Å². The van der Waals surface area contributed by atoms with E-state index in [1.54, 1.807) is 22.7 Å². The third-order valence-corrected chi connectivity index (χ3v) is 5.43. The summed E-state index contributed by atoms with van der Waals surface area (Å²) >= 11 is 3.27. The van der Waals surface area contributed by atoms with Crippen molar-refractivity contribution < 1.29 is 0 Å². The van der Waals surface area contributed by atoms with Crippen molar-refractivity contribution in [2.75, 3.05) is 7.05 Å². The zero-order chi connectivity index (χ0) is 15.6. The van der Waals surface area contributed by atoms with Crippen molar-refractivity contribution in [3.63, 3.8) is 0 Å². The van der Waals surface area contributed by atoms with Gasteiger partial charge >= 0.3 is 0 Å². The fraction of sp³-hybridized carbons (Fsp3) is 0.188. The lowest BCUT2D eigenvalue weighted by Gasteiger charge is -2.14. The van der Waals surface area contributed by atoms with Crippen LogP contribution in [-0.4, -0.2) is 31.8 Å². The van der Waals surface area contributed by atoms with Crippen molar-refractivity contribution in [1.29, 1.82) is 0 Å². The Labute approximate surface area is 141 Å². The number of benzene rings is 1. The molecule has 0 N–H and O–H groups in total. The SMILES string of the molecule is CN(Cc1ccccc1)Cc1nnc2sc(-c3cccs3)nn12. The van der Waals surface area contributed by atoms with E-state index in [0.717, 1.165) is 22.3 Å². The molecule has 5 nitrogen and oxygen atoms in total. The first kappa shape index (κ1) is 14.5. The smallest absolute Gasteiger partial charge is 0.235 e. The molecule has 1 aromatic carbocycles. The predicted octanol–water partition coefficient (Wildman–Crippen LogP) is 3.55. The summed E-state index contributed by atoms with van der Waals surface area (Å²) in [5.74, 6) is 0.873. The lowest BCUT2D eigenvalue weighted by molar-refractivity contribution is 0.308. The van der Waals surface area contributed by atoms with Crippen LogP contribution in [0.3, 0.4) is 0 Å². The number of aromatic nitrogens is 4. The van der Waals surface area contributed by atoms with Crippen LogP contribution < -0.4 is 0 Å². The molecular weight excluding hydrogens is 326 g/mol. The first-order chi connectivity index (χ1) is 11.3. The Bertz CT molecular complexity index is 895. The molecule has 3 heterocycles. The monoisotopic (exact) mass is 341 g/mol. The minimum Gasteiger partial charge on any atom is -0.295 e. The van der Waals surface area contributed by atoms with Crippen molar-refractivity contribution in [2.24, 2.45) is 0 Å². The normalized spacial score (nSPS) is 11.6. The van der Waals surface area contributed by atoms with E-state index in [1.807, 2.05) is 16.6 Å². The third kappa shape index (κ3) is 3.03. The molecular formula is C16H15N5S2. The molecule has 0 saturated heterocycles. The van der Waals surface area contributed by atoms with Crippen molar-refractivity contribution in [3.8, 4) is 9.88 Å². The van der Waals surface area contributed by atoms with E-state index < -0.39 is 0 Å². The second-order valence-corrected chi connectivity index (χ2v) is 7.26. The standard InChI is InChI=1S/C16H15N5S2/c1-20(10-12-6-3-2-4-7-12)11-14-17-18-16-21(14)19-15(23-16)13-8-5-9-22-13/h2-9H,10-11H2,1H3. The molecule has 4 rings (SSSR count). The second kappa shape index (κ2) is 6.19. The van der Waals surface area contributed by atoms with Gasteiger partial charge in [-0.3, -0.25) is 4.90 Å². The number of thiophene rings is 1. The number of hydrogen-bond acceptors (Lipinski definition) is 6. The van der Waals surface area contributed by atoms with Crippen LogP contribution in [0.25, 0.3) is 14.8 Å². The van der Waals surface area contributed by atoms with Gasteiger partial charge in [-0.1, -0.05) is 47.7 Å². The number of nitrogens with zero attached hydrogens (tertiary/aromatic N) is 5. The summed E-state index contributed by atoms with van der Waals surface area (Å²) in [6.45, 7) is 1.58. The van der Waals surface area contributed by atoms with Gasteiger partial charge in [0.05, 0.1) is 11.4 Å². The van der Waals surface area contributed by atoms with E-state index in [4.69, 9.17) is 0 Å². The van der Waals surface area contributed by atoms with Crippen LogP contribution >= 0.6 is 22.7 Å². The Morgan fingerprint density at radius 2 is 1.91 bits per heavy atom. The number of fused-ring (bicyclic) bond motifs is 1. The van der Waals surface area contributed by atoms with Gasteiger partial charge in [-0.15, -0.1) is 21.5 Å². The highest BCUT2D eigenvalue weighted by Gasteiger charge is 2.14. The quantitative estimate of drug-likeness (QED) is 0.557. The lowest BCUT2D eigenvalue weighted by atomic mass is 10.2. The number of hydrogen-bond donors (Lipinski definition) is 0. The van der Waals surface area contributed by atoms with E-state index >= 15 is 0 Å². The largest absolute Gasteiger partial charge is 0.295 e. The molecule has 116 valence electrons. The topological polar surface area (TPSA) is 46.3 Å².